The molecule has 144 valence electrons. The van der Waals surface area contributed by atoms with Crippen molar-refractivity contribution in [3.63, 3.8) is 0 Å². The summed E-state index contributed by atoms with van der Waals surface area (Å²) in [6.07, 6.45) is -0.757. The molecule has 2 aromatic rings. The lowest BCUT2D eigenvalue weighted by Crippen LogP contribution is -2.37. The Bertz CT molecular complexity index is 817. The molecule has 0 fully saturated rings. The topological polar surface area (TPSA) is 120 Å². The lowest BCUT2D eigenvalue weighted by Gasteiger charge is -2.15. The van der Waals surface area contributed by atoms with E-state index in [9.17, 15) is 14.4 Å². The van der Waals surface area contributed by atoms with Gasteiger partial charge in [0.1, 0.15) is 18.1 Å². The number of carbonyl (C=O) groups is 3. The van der Waals surface area contributed by atoms with Crippen LogP contribution in [0.4, 0.5) is 5.82 Å². The standard InChI is InChI=1S/C18H21N3O6/c1-4-13(18(24)20-15-9-11(2)27-21-15)26-16(22)10-19-17(23)12-7-5-6-8-14(12)25-3/h5-9,13H,4,10H2,1-3H3,(H,19,23)(H,20,21,24)/t13-/m1/s1. The molecule has 2 amide bonds. The molecule has 0 radical (unpaired) electrons. The first kappa shape index (κ1) is 20.0. The van der Waals surface area contributed by atoms with Gasteiger partial charge < -0.3 is 24.6 Å². The molecule has 0 unspecified atom stereocenters. The van der Waals surface area contributed by atoms with Gasteiger partial charge >= 0.3 is 5.97 Å². The van der Waals surface area contributed by atoms with Gasteiger partial charge in [-0.2, -0.15) is 0 Å². The van der Waals surface area contributed by atoms with Gasteiger partial charge in [0.05, 0.1) is 12.7 Å². The van der Waals surface area contributed by atoms with Gasteiger partial charge in [0.2, 0.25) is 0 Å². The fourth-order valence-electron chi connectivity index (χ4n) is 2.23. The maximum Gasteiger partial charge on any atom is 0.326 e. The maximum atomic E-state index is 12.2. The zero-order valence-corrected chi connectivity index (χ0v) is 15.3. The van der Waals surface area contributed by atoms with Gasteiger partial charge in [0, 0.05) is 6.07 Å². The van der Waals surface area contributed by atoms with E-state index < -0.39 is 23.9 Å². The molecule has 1 atom stereocenters. The quantitative estimate of drug-likeness (QED) is 0.674. The minimum Gasteiger partial charge on any atom is -0.496 e. The molecule has 0 spiro atoms. The van der Waals surface area contributed by atoms with E-state index in [0.717, 1.165) is 0 Å². The van der Waals surface area contributed by atoms with Crippen LogP contribution < -0.4 is 15.4 Å². The van der Waals surface area contributed by atoms with Crippen LogP contribution in [0.3, 0.4) is 0 Å². The van der Waals surface area contributed by atoms with Crippen LogP contribution in [0.5, 0.6) is 5.75 Å². The SMILES string of the molecule is CC[C@@H](OC(=O)CNC(=O)c1ccccc1OC)C(=O)Nc1cc(C)on1. The van der Waals surface area contributed by atoms with E-state index in [4.69, 9.17) is 14.0 Å². The summed E-state index contributed by atoms with van der Waals surface area (Å²) in [5.74, 6) is -0.602. The molecule has 0 saturated carbocycles. The smallest absolute Gasteiger partial charge is 0.326 e. The molecule has 0 saturated heterocycles. The second kappa shape index (κ2) is 9.37. The van der Waals surface area contributed by atoms with Gasteiger partial charge in [-0.15, -0.1) is 0 Å². The van der Waals surface area contributed by atoms with E-state index in [1.54, 1.807) is 44.2 Å². The van der Waals surface area contributed by atoms with Crippen molar-refractivity contribution in [2.75, 3.05) is 19.0 Å². The number of methoxy groups -OCH3 is 1. The molecule has 9 nitrogen and oxygen atoms in total. The number of para-hydroxylation sites is 1. The lowest BCUT2D eigenvalue weighted by atomic mass is 10.2. The van der Waals surface area contributed by atoms with Gasteiger partial charge in [-0.25, -0.2) is 0 Å². The normalized spacial score (nSPS) is 11.4. The highest BCUT2D eigenvalue weighted by atomic mass is 16.5. The van der Waals surface area contributed by atoms with E-state index in [2.05, 4.69) is 15.8 Å². The Morgan fingerprint density at radius 1 is 1.26 bits per heavy atom. The average Bonchev–Trinajstić information content (AvgIpc) is 3.08. The molecule has 9 heteroatoms. The summed E-state index contributed by atoms with van der Waals surface area (Å²) >= 11 is 0. The molecule has 1 heterocycles. The molecule has 0 aliphatic carbocycles. The van der Waals surface area contributed by atoms with Crippen LogP contribution in [0.25, 0.3) is 0 Å². The van der Waals surface area contributed by atoms with Gasteiger partial charge in [-0.05, 0) is 25.5 Å². The Balaban J connectivity index is 1.87. The largest absolute Gasteiger partial charge is 0.496 e. The van der Waals surface area contributed by atoms with Crippen molar-refractivity contribution < 1.29 is 28.4 Å². The number of amides is 2. The van der Waals surface area contributed by atoms with Crippen molar-refractivity contribution in [2.45, 2.75) is 26.4 Å². The Morgan fingerprint density at radius 2 is 2.00 bits per heavy atom. The third-order valence-electron chi connectivity index (χ3n) is 3.56. The van der Waals surface area contributed by atoms with Crippen LogP contribution in [0, 0.1) is 6.92 Å². The number of nitrogens with one attached hydrogen (secondary N) is 2. The number of benzene rings is 1. The number of aromatic nitrogens is 1. The van der Waals surface area contributed by atoms with Gasteiger partial charge in [-0.1, -0.05) is 24.2 Å². The fraction of sp³-hybridized carbons (Fsp3) is 0.333. The van der Waals surface area contributed by atoms with E-state index in [0.29, 0.717) is 17.1 Å². The Labute approximate surface area is 156 Å². The predicted molar refractivity (Wildman–Crippen MR) is 95.4 cm³/mol. The average molecular weight is 375 g/mol. The minimum absolute atomic E-state index is 0.233. The monoisotopic (exact) mass is 375 g/mol. The summed E-state index contributed by atoms with van der Waals surface area (Å²) in [4.78, 5) is 36.3. The van der Waals surface area contributed by atoms with E-state index in [1.165, 1.54) is 7.11 Å². The minimum atomic E-state index is -1.02. The Kier molecular flexibility index (Phi) is 6.93. The fourth-order valence-corrected chi connectivity index (χ4v) is 2.23. The third-order valence-corrected chi connectivity index (χ3v) is 3.56. The maximum absolute atomic E-state index is 12.2. The van der Waals surface area contributed by atoms with Crippen LogP contribution in [0.15, 0.2) is 34.9 Å². The van der Waals surface area contributed by atoms with Crippen LogP contribution in [0.1, 0.15) is 29.5 Å². The van der Waals surface area contributed by atoms with Gasteiger partial charge in [-0.3, -0.25) is 14.4 Å². The van der Waals surface area contributed by atoms with Crippen molar-refractivity contribution in [1.29, 1.82) is 0 Å². The second-order valence-electron chi connectivity index (χ2n) is 5.58. The van der Waals surface area contributed by atoms with Crippen LogP contribution >= 0.6 is 0 Å². The highest BCUT2D eigenvalue weighted by Gasteiger charge is 2.22. The first-order valence-corrected chi connectivity index (χ1v) is 8.29. The lowest BCUT2D eigenvalue weighted by molar-refractivity contribution is -0.153. The summed E-state index contributed by atoms with van der Waals surface area (Å²) in [6, 6.07) is 8.15. The van der Waals surface area contributed by atoms with Crippen LogP contribution in [-0.4, -0.2) is 42.7 Å². The molecule has 27 heavy (non-hydrogen) atoms. The number of ether oxygens (including phenoxy) is 2. The molecular weight excluding hydrogens is 354 g/mol. The van der Waals surface area contributed by atoms with Crippen molar-refractivity contribution in [1.82, 2.24) is 10.5 Å². The highest BCUT2D eigenvalue weighted by molar-refractivity contribution is 5.99. The number of anilines is 1. The molecule has 0 aliphatic heterocycles. The number of nitrogens with zero attached hydrogens (tertiary/aromatic N) is 1. The van der Waals surface area contributed by atoms with E-state index in [1.807, 2.05) is 0 Å². The van der Waals surface area contributed by atoms with Crippen molar-refractivity contribution in [3.05, 3.63) is 41.7 Å². The number of carbonyl (C=O) groups excluding carboxylic acids is 3. The number of rotatable bonds is 8. The predicted octanol–water partition coefficient (Wildman–Crippen LogP) is 1.68. The zero-order valence-electron chi connectivity index (χ0n) is 15.3. The summed E-state index contributed by atoms with van der Waals surface area (Å²) < 4.78 is 15.1. The molecule has 1 aromatic heterocycles. The summed E-state index contributed by atoms with van der Waals surface area (Å²) in [7, 11) is 1.45. The van der Waals surface area contributed by atoms with Crippen molar-refractivity contribution in [2.24, 2.45) is 0 Å². The second-order valence-corrected chi connectivity index (χ2v) is 5.58. The van der Waals surface area contributed by atoms with E-state index in [-0.39, 0.29) is 18.8 Å². The molecule has 1 aromatic carbocycles. The first-order chi connectivity index (χ1) is 12.9. The number of aryl methyl sites for hydroxylation is 1. The molecule has 2 rings (SSSR count). The van der Waals surface area contributed by atoms with Crippen LogP contribution in [0.2, 0.25) is 0 Å². The number of esters is 1. The molecular formula is C18H21N3O6. The summed E-state index contributed by atoms with van der Waals surface area (Å²) in [6.45, 7) is 2.99. The third kappa shape index (κ3) is 5.56. The molecule has 0 bridgehead atoms. The van der Waals surface area contributed by atoms with Gasteiger partial charge in [0.25, 0.3) is 11.8 Å². The molecule has 2 N–H and O–H groups in total. The number of hydrogen-bond acceptors (Lipinski definition) is 7. The van der Waals surface area contributed by atoms with Crippen molar-refractivity contribution >= 4 is 23.6 Å². The van der Waals surface area contributed by atoms with Gasteiger partial charge in [0.15, 0.2) is 11.9 Å². The highest BCUT2D eigenvalue weighted by Crippen LogP contribution is 2.16. The molecule has 0 aliphatic rings. The Hall–Kier alpha value is -3.36. The first-order valence-electron chi connectivity index (χ1n) is 8.29. The summed E-state index contributed by atoms with van der Waals surface area (Å²) in [5, 5.41) is 8.59. The summed E-state index contributed by atoms with van der Waals surface area (Å²) in [5.41, 5.74) is 0.291. The Morgan fingerprint density at radius 3 is 2.63 bits per heavy atom. The van der Waals surface area contributed by atoms with E-state index >= 15 is 0 Å². The van der Waals surface area contributed by atoms with Crippen molar-refractivity contribution in [3.8, 4) is 5.75 Å². The number of hydrogen-bond donors (Lipinski definition) is 2. The zero-order chi connectivity index (χ0) is 19.8. The van der Waals surface area contributed by atoms with Crippen LogP contribution in [-0.2, 0) is 14.3 Å².